The van der Waals surface area contributed by atoms with Crippen LogP contribution in [-0.4, -0.2) is 16.1 Å². The second-order valence-corrected chi connectivity index (χ2v) is 4.24. The first-order chi connectivity index (χ1) is 9.47. The van der Waals surface area contributed by atoms with Crippen LogP contribution in [-0.2, 0) is 6.54 Å². The van der Waals surface area contributed by atoms with E-state index in [1.54, 1.807) is 6.07 Å². The summed E-state index contributed by atoms with van der Waals surface area (Å²) in [6, 6.07) is 8.34. The Hall–Kier alpha value is -2.76. The number of aromatic hydroxyl groups is 2. The zero-order valence-electron chi connectivity index (χ0n) is 10.4. The van der Waals surface area contributed by atoms with Gasteiger partial charge in [-0.1, -0.05) is 6.07 Å². The molecule has 0 atom stereocenters. The lowest BCUT2D eigenvalue weighted by molar-refractivity contribution is 0.0996. The molecule has 0 aliphatic heterocycles. The lowest BCUT2D eigenvalue weighted by atomic mass is 10.1. The molecule has 20 heavy (non-hydrogen) atoms. The second kappa shape index (κ2) is 5.48. The number of anilines is 1. The number of rotatable bonds is 4. The van der Waals surface area contributed by atoms with Gasteiger partial charge in [0.15, 0.2) is 11.5 Å². The minimum Gasteiger partial charge on any atom is -0.504 e. The van der Waals surface area contributed by atoms with Crippen LogP contribution in [0.1, 0.15) is 15.9 Å². The van der Waals surface area contributed by atoms with Crippen molar-refractivity contribution in [3.05, 3.63) is 53.3 Å². The molecule has 0 saturated carbocycles. The number of hydrogen-bond acceptors (Lipinski definition) is 4. The van der Waals surface area contributed by atoms with Crippen LogP contribution in [0.5, 0.6) is 11.5 Å². The molecule has 0 unspecified atom stereocenters. The van der Waals surface area contributed by atoms with E-state index in [0.29, 0.717) is 17.8 Å². The Kier molecular flexibility index (Phi) is 3.74. The van der Waals surface area contributed by atoms with Crippen LogP contribution in [0.2, 0.25) is 0 Å². The molecule has 1 amide bonds. The fraction of sp³-hybridized carbons (Fsp3) is 0.0714. The maximum atomic E-state index is 13.3. The summed E-state index contributed by atoms with van der Waals surface area (Å²) in [7, 11) is 0. The van der Waals surface area contributed by atoms with E-state index in [2.05, 4.69) is 5.32 Å². The standard InChI is InChI=1S/C14H13FN2O3/c15-11-3-2-9(6-10(11)14(16)20)17-7-8-1-4-12(18)13(19)5-8/h1-6,17-19H,7H2,(H2,16,20). The van der Waals surface area contributed by atoms with E-state index in [-0.39, 0.29) is 17.1 Å². The van der Waals surface area contributed by atoms with Crippen molar-refractivity contribution >= 4 is 11.6 Å². The molecule has 6 heteroatoms. The average molecular weight is 276 g/mol. The molecule has 0 fully saturated rings. The summed E-state index contributed by atoms with van der Waals surface area (Å²) in [5.74, 6) is -1.94. The van der Waals surface area contributed by atoms with Crippen molar-refractivity contribution in [2.24, 2.45) is 5.73 Å². The Labute approximate surface area is 114 Å². The summed E-state index contributed by atoms with van der Waals surface area (Å²) in [4.78, 5) is 11.0. The number of amides is 1. The summed E-state index contributed by atoms with van der Waals surface area (Å²) in [6.07, 6.45) is 0. The van der Waals surface area contributed by atoms with Crippen LogP contribution in [0.3, 0.4) is 0 Å². The molecule has 5 nitrogen and oxygen atoms in total. The van der Waals surface area contributed by atoms with Crippen molar-refractivity contribution in [1.29, 1.82) is 0 Å². The van der Waals surface area contributed by atoms with Gasteiger partial charge >= 0.3 is 0 Å². The van der Waals surface area contributed by atoms with Crippen LogP contribution in [0.15, 0.2) is 36.4 Å². The monoisotopic (exact) mass is 276 g/mol. The van der Waals surface area contributed by atoms with Crippen LogP contribution in [0.4, 0.5) is 10.1 Å². The minimum atomic E-state index is -0.839. The van der Waals surface area contributed by atoms with Crippen molar-refractivity contribution in [1.82, 2.24) is 0 Å². The number of phenols is 2. The van der Waals surface area contributed by atoms with Gasteiger partial charge in [-0.15, -0.1) is 0 Å². The summed E-state index contributed by atoms with van der Waals surface area (Å²) in [5.41, 5.74) is 6.10. The van der Waals surface area contributed by atoms with Gasteiger partial charge in [-0.25, -0.2) is 4.39 Å². The average Bonchev–Trinajstić information content (AvgIpc) is 2.41. The molecular weight excluding hydrogens is 263 g/mol. The molecular formula is C14H13FN2O3. The lowest BCUT2D eigenvalue weighted by Crippen LogP contribution is -2.13. The Morgan fingerprint density at radius 2 is 1.90 bits per heavy atom. The van der Waals surface area contributed by atoms with Crippen LogP contribution in [0, 0.1) is 5.82 Å². The quantitative estimate of drug-likeness (QED) is 0.642. The highest BCUT2D eigenvalue weighted by Gasteiger charge is 2.09. The molecule has 2 aromatic carbocycles. The van der Waals surface area contributed by atoms with Gasteiger partial charge in [-0.3, -0.25) is 4.79 Å². The predicted octanol–water partition coefficient (Wildman–Crippen LogP) is 1.95. The highest BCUT2D eigenvalue weighted by molar-refractivity contribution is 5.94. The van der Waals surface area contributed by atoms with Crippen molar-refractivity contribution in [3.63, 3.8) is 0 Å². The zero-order valence-corrected chi connectivity index (χ0v) is 10.4. The summed E-state index contributed by atoms with van der Waals surface area (Å²) >= 11 is 0. The molecule has 0 aliphatic rings. The number of nitrogens with one attached hydrogen (secondary N) is 1. The van der Waals surface area contributed by atoms with Gasteiger partial charge in [0.2, 0.25) is 0 Å². The number of hydrogen-bond donors (Lipinski definition) is 4. The number of carbonyl (C=O) groups is 1. The van der Waals surface area contributed by atoms with Gasteiger partial charge in [-0.2, -0.15) is 0 Å². The van der Waals surface area contributed by atoms with Crippen molar-refractivity contribution < 1.29 is 19.4 Å². The molecule has 2 rings (SSSR count). The topological polar surface area (TPSA) is 95.6 Å². The third-order valence-corrected chi connectivity index (χ3v) is 2.77. The van der Waals surface area contributed by atoms with Crippen LogP contribution >= 0.6 is 0 Å². The van der Waals surface area contributed by atoms with Gasteiger partial charge in [0.05, 0.1) is 5.56 Å². The highest BCUT2D eigenvalue weighted by Crippen LogP contribution is 2.25. The van der Waals surface area contributed by atoms with E-state index in [1.807, 2.05) is 0 Å². The Morgan fingerprint density at radius 3 is 2.55 bits per heavy atom. The first kappa shape index (κ1) is 13.7. The molecule has 104 valence electrons. The molecule has 0 aromatic heterocycles. The number of carbonyl (C=O) groups excluding carboxylic acids is 1. The van der Waals surface area contributed by atoms with Gasteiger partial charge < -0.3 is 21.3 Å². The lowest BCUT2D eigenvalue weighted by Gasteiger charge is -2.09. The number of phenolic OH excluding ortho intramolecular Hbond substituents is 2. The Bertz CT molecular complexity index is 659. The van der Waals surface area contributed by atoms with E-state index >= 15 is 0 Å². The number of halogens is 1. The first-order valence-corrected chi connectivity index (χ1v) is 5.81. The summed E-state index contributed by atoms with van der Waals surface area (Å²) in [5, 5.41) is 21.5. The molecule has 2 aromatic rings. The molecule has 0 heterocycles. The normalized spacial score (nSPS) is 10.2. The van der Waals surface area contributed by atoms with Gasteiger partial charge in [0, 0.05) is 12.2 Å². The molecule has 0 aliphatic carbocycles. The Balaban J connectivity index is 2.12. The fourth-order valence-corrected chi connectivity index (χ4v) is 1.71. The number of benzene rings is 2. The second-order valence-electron chi connectivity index (χ2n) is 4.24. The van der Waals surface area contributed by atoms with Crippen molar-refractivity contribution in [2.45, 2.75) is 6.54 Å². The van der Waals surface area contributed by atoms with E-state index in [9.17, 15) is 19.4 Å². The molecule has 5 N–H and O–H groups in total. The first-order valence-electron chi connectivity index (χ1n) is 5.81. The largest absolute Gasteiger partial charge is 0.504 e. The number of nitrogens with two attached hydrogens (primary N) is 1. The van der Waals surface area contributed by atoms with Gasteiger partial charge in [-0.05, 0) is 35.9 Å². The van der Waals surface area contributed by atoms with Crippen molar-refractivity contribution in [3.8, 4) is 11.5 Å². The van der Waals surface area contributed by atoms with Crippen LogP contribution in [0.25, 0.3) is 0 Å². The van der Waals surface area contributed by atoms with E-state index < -0.39 is 11.7 Å². The Morgan fingerprint density at radius 1 is 1.15 bits per heavy atom. The van der Waals surface area contributed by atoms with E-state index in [1.165, 1.54) is 24.3 Å². The van der Waals surface area contributed by atoms with Gasteiger partial charge in [0.25, 0.3) is 5.91 Å². The highest BCUT2D eigenvalue weighted by atomic mass is 19.1. The number of primary amides is 1. The third kappa shape index (κ3) is 2.97. The van der Waals surface area contributed by atoms with E-state index in [4.69, 9.17) is 5.73 Å². The van der Waals surface area contributed by atoms with Gasteiger partial charge in [0.1, 0.15) is 5.82 Å². The summed E-state index contributed by atoms with van der Waals surface area (Å²) in [6.45, 7) is 0.331. The van der Waals surface area contributed by atoms with E-state index in [0.717, 1.165) is 6.07 Å². The van der Waals surface area contributed by atoms with Crippen LogP contribution < -0.4 is 11.1 Å². The maximum Gasteiger partial charge on any atom is 0.251 e. The third-order valence-electron chi connectivity index (χ3n) is 2.77. The SMILES string of the molecule is NC(=O)c1cc(NCc2ccc(O)c(O)c2)ccc1F. The summed E-state index contributed by atoms with van der Waals surface area (Å²) < 4.78 is 13.3. The van der Waals surface area contributed by atoms with Crippen molar-refractivity contribution in [2.75, 3.05) is 5.32 Å². The fourth-order valence-electron chi connectivity index (χ4n) is 1.71. The molecule has 0 spiro atoms. The molecule has 0 saturated heterocycles. The minimum absolute atomic E-state index is 0.191. The molecule has 0 bridgehead atoms. The molecule has 0 radical (unpaired) electrons. The zero-order chi connectivity index (χ0) is 14.7. The maximum absolute atomic E-state index is 13.3. The smallest absolute Gasteiger partial charge is 0.251 e. The predicted molar refractivity (Wildman–Crippen MR) is 72.0 cm³/mol.